The molecule has 0 saturated carbocycles. The van der Waals surface area contributed by atoms with Gasteiger partial charge in [-0.3, -0.25) is 0 Å². The van der Waals surface area contributed by atoms with Gasteiger partial charge < -0.3 is 44.5 Å². The average molecular weight is 324 g/mol. The van der Waals surface area contributed by atoms with Crippen LogP contribution in [0.5, 0.6) is 0 Å². The van der Waals surface area contributed by atoms with Crippen molar-refractivity contribution < 1.29 is 44.5 Å². The minimum Gasteiger partial charge on any atom is -0.388 e. The van der Waals surface area contributed by atoms with Crippen LogP contribution in [-0.2, 0) is 18.9 Å². The standard InChI is InChI=1S/C13H24O9/c1-4-6(14)8(16)10(18)12(20-4)22-11-9(17)7(15)5(2)21-13(11)19-3/h4-18H,1-3H3/t4-,5-,6+,7+,8+,9+,10-,11-,12?,13?/m1/s1. The Morgan fingerprint density at radius 2 is 1.18 bits per heavy atom. The van der Waals surface area contributed by atoms with Gasteiger partial charge in [0.05, 0.1) is 12.2 Å². The molecule has 9 nitrogen and oxygen atoms in total. The van der Waals surface area contributed by atoms with Crippen LogP contribution in [0, 0.1) is 0 Å². The third-order valence-electron chi connectivity index (χ3n) is 4.12. The van der Waals surface area contributed by atoms with Gasteiger partial charge in [0.2, 0.25) is 0 Å². The topological polar surface area (TPSA) is 138 Å². The number of hydrogen-bond donors (Lipinski definition) is 5. The first-order valence-electron chi connectivity index (χ1n) is 7.17. The van der Waals surface area contributed by atoms with Crippen molar-refractivity contribution >= 4 is 0 Å². The van der Waals surface area contributed by atoms with Crippen LogP contribution in [0.4, 0.5) is 0 Å². The summed E-state index contributed by atoms with van der Waals surface area (Å²) < 4.78 is 21.2. The molecule has 2 fully saturated rings. The molecule has 10 atom stereocenters. The Labute approximate surface area is 128 Å². The normalized spacial score (nSPS) is 53.5. The molecule has 2 aliphatic rings. The molecule has 0 amide bonds. The monoisotopic (exact) mass is 324 g/mol. The van der Waals surface area contributed by atoms with Crippen LogP contribution in [0.2, 0.25) is 0 Å². The Morgan fingerprint density at radius 1 is 0.682 bits per heavy atom. The molecule has 2 heterocycles. The molecule has 0 radical (unpaired) electrons. The maximum atomic E-state index is 10.1. The van der Waals surface area contributed by atoms with Crippen LogP contribution in [0.3, 0.4) is 0 Å². The number of aliphatic hydroxyl groups excluding tert-OH is 5. The van der Waals surface area contributed by atoms with Gasteiger partial charge in [-0.25, -0.2) is 0 Å². The molecule has 2 aliphatic heterocycles. The summed E-state index contributed by atoms with van der Waals surface area (Å²) in [4.78, 5) is 0. The molecular weight excluding hydrogens is 300 g/mol. The Bertz CT molecular complexity index is 365. The van der Waals surface area contributed by atoms with E-state index in [1.165, 1.54) is 14.0 Å². The SMILES string of the molecule is COC1O[C@H](C)[C@H](O)[C@H](O)[C@H]1OC1O[C@H](C)[C@H](O)[C@H](O)[C@H]1O. The summed E-state index contributed by atoms with van der Waals surface area (Å²) in [5, 5.41) is 49.3. The fourth-order valence-corrected chi connectivity index (χ4v) is 2.62. The lowest BCUT2D eigenvalue weighted by atomic mass is 9.98. The fourth-order valence-electron chi connectivity index (χ4n) is 2.62. The smallest absolute Gasteiger partial charge is 0.187 e. The molecule has 22 heavy (non-hydrogen) atoms. The van der Waals surface area contributed by atoms with E-state index in [0.717, 1.165) is 0 Å². The Morgan fingerprint density at radius 3 is 1.73 bits per heavy atom. The highest BCUT2D eigenvalue weighted by molar-refractivity contribution is 4.92. The average Bonchev–Trinajstić information content (AvgIpc) is 2.50. The van der Waals surface area contributed by atoms with Crippen molar-refractivity contribution in [3.63, 3.8) is 0 Å². The fraction of sp³-hybridized carbons (Fsp3) is 1.00. The van der Waals surface area contributed by atoms with Crippen LogP contribution >= 0.6 is 0 Å². The molecular formula is C13H24O9. The van der Waals surface area contributed by atoms with Crippen LogP contribution in [0.1, 0.15) is 13.8 Å². The molecule has 0 bridgehead atoms. The second-order valence-corrected chi connectivity index (χ2v) is 5.71. The van der Waals surface area contributed by atoms with Crippen LogP contribution in [0.15, 0.2) is 0 Å². The Balaban J connectivity index is 2.10. The third-order valence-corrected chi connectivity index (χ3v) is 4.12. The molecule has 2 unspecified atom stereocenters. The first-order valence-corrected chi connectivity index (χ1v) is 7.17. The van der Waals surface area contributed by atoms with Crippen LogP contribution in [-0.4, -0.2) is 94.1 Å². The summed E-state index contributed by atoms with van der Waals surface area (Å²) in [7, 11) is 1.34. The van der Waals surface area contributed by atoms with Crippen molar-refractivity contribution in [2.75, 3.05) is 7.11 Å². The predicted molar refractivity (Wildman–Crippen MR) is 70.6 cm³/mol. The van der Waals surface area contributed by atoms with Crippen molar-refractivity contribution in [2.45, 2.75) is 75.3 Å². The predicted octanol–water partition coefficient (Wildman–Crippen LogP) is -2.69. The molecule has 2 saturated heterocycles. The van der Waals surface area contributed by atoms with E-state index < -0.39 is 61.4 Å². The highest BCUT2D eigenvalue weighted by atomic mass is 16.7. The van der Waals surface area contributed by atoms with E-state index in [1.54, 1.807) is 6.92 Å². The Kier molecular flexibility index (Phi) is 5.75. The summed E-state index contributed by atoms with van der Waals surface area (Å²) in [5.41, 5.74) is 0. The molecule has 5 N–H and O–H groups in total. The Hall–Kier alpha value is -0.360. The van der Waals surface area contributed by atoms with Gasteiger partial charge in [0, 0.05) is 7.11 Å². The maximum Gasteiger partial charge on any atom is 0.187 e. The molecule has 0 aromatic rings. The lowest BCUT2D eigenvalue weighted by Crippen LogP contribution is -2.63. The molecule has 9 heteroatoms. The van der Waals surface area contributed by atoms with Crippen molar-refractivity contribution in [2.24, 2.45) is 0 Å². The van der Waals surface area contributed by atoms with Gasteiger partial charge in [0.25, 0.3) is 0 Å². The largest absolute Gasteiger partial charge is 0.388 e. The van der Waals surface area contributed by atoms with E-state index in [4.69, 9.17) is 18.9 Å². The van der Waals surface area contributed by atoms with Gasteiger partial charge in [-0.2, -0.15) is 0 Å². The summed E-state index contributed by atoms with van der Waals surface area (Å²) in [6.07, 6.45) is -11.6. The molecule has 0 aromatic carbocycles. The van der Waals surface area contributed by atoms with Gasteiger partial charge in [0.1, 0.15) is 36.6 Å². The lowest BCUT2D eigenvalue weighted by molar-refractivity contribution is -0.359. The number of methoxy groups -OCH3 is 1. The molecule has 130 valence electrons. The summed E-state index contributed by atoms with van der Waals surface area (Å²) in [5.74, 6) is 0. The van der Waals surface area contributed by atoms with Crippen molar-refractivity contribution in [3.05, 3.63) is 0 Å². The zero-order valence-electron chi connectivity index (χ0n) is 12.6. The second-order valence-electron chi connectivity index (χ2n) is 5.71. The highest BCUT2D eigenvalue weighted by Gasteiger charge is 2.49. The van der Waals surface area contributed by atoms with Gasteiger partial charge in [-0.1, -0.05) is 0 Å². The van der Waals surface area contributed by atoms with E-state index in [0.29, 0.717) is 0 Å². The quantitative estimate of drug-likeness (QED) is 0.376. The van der Waals surface area contributed by atoms with Crippen molar-refractivity contribution in [1.29, 1.82) is 0 Å². The second kappa shape index (κ2) is 7.04. The first kappa shape index (κ1) is 18.0. The first-order chi connectivity index (χ1) is 10.3. The molecule has 0 aliphatic carbocycles. The minimum absolute atomic E-state index is 0.664. The van der Waals surface area contributed by atoms with Gasteiger partial charge in [0.15, 0.2) is 12.6 Å². The minimum atomic E-state index is -1.52. The summed E-state index contributed by atoms with van der Waals surface area (Å²) in [6, 6.07) is 0. The highest BCUT2D eigenvalue weighted by Crippen LogP contribution is 2.29. The third kappa shape index (κ3) is 3.28. The number of ether oxygens (including phenoxy) is 4. The van der Waals surface area contributed by atoms with E-state index in [1.807, 2.05) is 0 Å². The van der Waals surface area contributed by atoms with Crippen LogP contribution in [0.25, 0.3) is 0 Å². The number of aliphatic hydroxyl groups is 5. The molecule has 0 spiro atoms. The number of rotatable bonds is 3. The van der Waals surface area contributed by atoms with Gasteiger partial charge >= 0.3 is 0 Å². The number of hydrogen-bond acceptors (Lipinski definition) is 9. The molecule has 0 aromatic heterocycles. The van der Waals surface area contributed by atoms with Gasteiger partial charge in [-0.15, -0.1) is 0 Å². The maximum absolute atomic E-state index is 10.1. The van der Waals surface area contributed by atoms with Gasteiger partial charge in [-0.05, 0) is 13.8 Å². The lowest BCUT2D eigenvalue weighted by Gasteiger charge is -2.45. The van der Waals surface area contributed by atoms with Crippen molar-refractivity contribution in [3.8, 4) is 0 Å². The van der Waals surface area contributed by atoms with E-state index in [9.17, 15) is 25.5 Å². The molecule has 2 rings (SSSR count). The summed E-state index contributed by atoms with van der Waals surface area (Å²) in [6.45, 7) is 3.08. The summed E-state index contributed by atoms with van der Waals surface area (Å²) >= 11 is 0. The van der Waals surface area contributed by atoms with Crippen LogP contribution < -0.4 is 0 Å². The van der Waals surface area contributed by atoms with Crippen molar-refractivity contribution in [1.82, 2.24) is 0 Å². The van der Waals surface area contributed by atoms with E-state index in [2.05, 4.69) is 0 Å². The zero-order valence-corrected chi connectivity index (χ0v) is 12.6. The van der Waals surface area contributed by atoms with E-state index in [-0.39, 0.29) is 0 Å². The zero-order chi connectivity index (χ0) is 16.6. The van der Waals surface area contributed by atoms with E-state index >= 15 is 0 Å².